The Morgan fingerprint density at radius 3 is 2.68 bits per heavy atom. The maximum atomic E-state index is 11.1. The zero-order valence-corrected chi connectivity index (χ0v) is 13.0. The van der Waals surface area contributed by atoms with E-state index in [2.05, 4.69) is 11.4 Å². The standard InChI is InChI=1S/C19H23NO2/c1-20-14-13-19(21,16-9-3-2-4-10-16)22-18-12-6-8-15-7-5-11-17(15)18/h2-4,6,8-10,12,20-21H,5,7,11,13-14H2,1H3. The minimum absolute atomic E-state index is 0.497. The largest absolute Gasteiger partial charge is 0.458 e. The van der Waals surface area contributed by atoms with E-state index in [0.717, 1.165) is 30.6 Å². The minimum Gasteiger partial charge on any atom is -0.458 e. The van der Waals surface area contributed by atoms with Gasteiger partial charge in [-0.15, -0.1) is 0 Å². The van der Waals surface area contributed by atoms with E-state index in [9.17, 15) is 5.11 Å². The van der Waals surface area contributed by atoms with Gasteiger partial charge in [0, 0.05) is 18.5 Å². The molecule has 0 bridgehead atoms. The maximum absolute atomic E-state index is 11.1. The van der Waals surface area contributed by atoms with Gasteiger partial charge >= 0.3 is 0 Å². The van der Waals surface area contributed by atoms with Gasteiger partial charge in [-0.25, -0.2) is 0 Å². The molecule has 0 aromatic heterocycles. The number of aryl methyl sites for hydroxylation is 1. The summed E-state index contributed by atoms with van der Waals surface area (Å²) in [7, 11) is 1.88. The van der Waals surface area contributed by atoms with Crippen molar-refractivity contribution in [3.8, 4) is 5.75 Å². The topological polar surface area (TPSA) is 41.5 Å². The van der Waals surface area contributed by atoms with E-state index in [0.29, 0.717) is 13.0 Å². The average Bonchev–Trinajstić information content (AvgIpc) is 3.04. The van der Waals surface area contributed by atoms with Crippen LogP contribution in [0.4, 0.5) is 0 Å². The lowest BCUT2D eigenvalue weighted by Gasteiger charge is -2.30. The molecule has 1 aliphatic carbocycles. The molecule has 2 N–H and O–H groups in total. The maximum Gasteiger partial charge on any atom is 0.236 e. The SMILES string of the molecule is CNCCC(O)(Oc1cccc2c1CCC2)c1ccccc1. The molecule has 2 aromatic carbocycles. The van der Waals surface area contributed by atoms with E-state index in [1.807, 2.05) is 49.5 Å². The van der Waals surface area contributed by atoms with Gasteiger partial charge in [-0.1, -0.05) is 42.5 Å². The smallest absolute Gasteiger partial charge is 0.236 e. The first-order valence-electron chi connectivity index (χ1n) is 7.95. The van der Waals surface area contributed by atoms with Crippen molar-refractivity contribution in [3.05, 3.63) is 65.2 Å². The summed E-state index contributed by atoms with van der Waals surface area (Å²) < 4.78 is 6.15. The fourth-order valence-corrected chi connectivity index (χ4v) is 3.11. The van der Waals surface area contributed by atoms with Gasteiger partial charge in [-0.2, -0.15) is 0 Å². The molecule has 22 heavy (non-hydrogen) atoms. The lowest BCUT2D eigenvalue weighted by Crippen LogP contribution is -2.36. The lowest BCUT2D eigenvalue weighted by atomic mass is 10.0. The van der Waals surface area contributed by atoms with Crippen LogP contribution in [-0.4, -0.2) is 18.7 Å². The van der Waals surface area contributed by atoms with Crippen molar-refractivity contribution in [2.75, 3.05) is 13.6 Å². The highest BCUT2D eigenvalue weighted by Crippen LogP contribution is 2.35. The van der Waals surface area contributed by atoms with Gasteiger partial charge in [0.2, 0.25) is 5.79 Å². The highest BCUT2D eigenvalue weighted by molar-refractivity contribution is 5.43. The molecule has 0 saturated carbocycles. The molecule has 116 valence electrons. The van der Waals surface area contributed by atoms with Crippen LogP contribution in [0, 0.1) is 0 Å². The van der Waals surface area contributed by atoms with E-state index in [4.69, 9.17) is 4.74 Å². The van der Waals surface area contributed by atoms with Crippen molar-refractivity contribution in [2.24, 2.45) is 0 Å². The first kappa shape index (κ1) is 15.1. The fourth-order valence-electron chi connectivity index (χ4n) is 3.11. The van der Waals surface area contributed by atoms with Gasteiger partial charge in [0.05, 0.1) is 0 Å². The number of hydrogen-bond acceptors (Lipinski definition) is 3. The van der Waals surface area contributed by atoms with Crippen LogP contribution in [0.5, 0.6) is 5.75 Å². The Balaban J connectivity index is 1.92. The predicted molar refractivity (Wildman–Crippen MR) is 88.0 cm³/mol. The molecule has 1 unspecified atom stereocenters. The summed E-state index contributed by atoms with van der Waals surface area (Å²) in [5.74, 6) is -0.486. The molecule has 0 fully saturated rings. The molecule has 3 nitrogen and oxygen atoms in total. The molecule has 3 rings (SSSR count). The number of hydrogen-bond donors (Lipinski definition) is 2. The second-order valence-corrected chi connectivity index (χ2v) is 5.85. The molecular weight excluding hydrogens is 274 g/mol. The third kappa shape index (κ3) is 3.01. The van der Waals surface area contributed by atoms with Gasteiger partial charge in [0.15, 0.2) is 0 Å². The van der Waals surface area contributed by atoms with Gasteiger partial charge in [0.1, 0.15) is 5.75 Å². The zero-order chi connectivity index (χ0) is 15.4. The summed E-state index contributed by atoms with van der Waals surface area (Å²) in [6.07, 6.45) is 3.79. The Morgan fingerprint density at radius 1 is 1.09 bits per heavy atom. The summed E-state index contributed by atoms with van der Waals surface area (Å²) in [4.78, 5) is 0. The molecule has 1 aliphatic rings. The van der Waals surface area contributed by atoms with Crippen LogP contribution in [0.15, 0.2) is 48.5 Å². The quantitative estimate of drug-likeness (QED) is 0.805. The molecule has 0 heterocycles. The van der Waals surface area contributed by atoms with Crippen molar-refractivity contribution < 1.29 is 9.84 Å². The molecule has 0 amide bonds. The van der Waals surface area contributed by atoms with Crippen LogP contribution in [0.1, 0.15) is 29.5 Å². The zero-order valence-electron chi connectivity index (χ0n) is 13.0. The fraction of sp³-hybridized carbons (Fsp3) is 0.368. The molecule has 0 saturated heterocycles. The monoisotopic (exact) mass is 297 g/mol. The van der Waals surface area contributed by atoms with E-state index in [1.165, 1.54) is 11.1 Å². The molecule has 0 aliphatic heterocycles. The van der Waals surface area contributed by atoms with Gasteiger partial charge < -0.3 is 15.2 Å². The summed E-state index contributed by atoms with van der Waals surface area (Å²) in [5, 5.41) is 14.2. The molecule has 0 spiro atoms. The van der Waals surface area contributed by atoms with Crippen LogP contribution in [0.25, 0.3) is 0 Å². The highest BCUT2D eigenvalue weighted by atomic mass is 16.6. The Labute approximate surface area is 131 Å². The van der Waals surface area contributed by atoms with E-state index in [1.54, 1.807) is 0 Å². The number of nitrogens with one attached hydrogen (secondary N) is 1. The van der Waals surface area contributed by atoms with Gasteiger partial charge in [-0.3, -0.25) is 0 Å². The third-order valence-corrected chi connectivity index (χ3v) is 4.32. The Hall–Kier alpha value is -1.84. The lowest BCUT2D eigenvalue weighted by molar-refractivity contribution is -0.150. The second kappa shape index (κ2) is 6.51. The Bertz CT molecular complexity index is 627. The van der Waals surface area contributed by atoms with E-state index >= 15 is 0 Å². The minimum atomic E-state index is -1.30. The summed E-state index contributed by atoms with van der Waals surface area (Å²) in [6.45, 7) is 0.681. The van der Waals surface area contributed by atoms with E-state index < -0.39 is 5.79 Å². The number of ether oxygens (including phenoxy) is 1. The van der Waals surface area contributed by atoms with Crippen LogP contribution in [0.2, 0.25) is 0 Å². The van der Waals surface area contributed by atoms with Crippen molar-refractivity contribution in [1.29, 1.82) is 0 Å². The molecule has 1 atom stereocenters. The summed E-state index contributed by atoms with van der Waals surface area (Å²) in [6, 6.07) is 15.8. The number of benzene rings is 2. The van der Waals surface area contributed by atoms with Crippen LogP contribution < -0.4 is 10.1 Å². The van der Waals surface area contributed by atoms with Crippen molar-refractivity contribution in [1.82, 2.24) is 5.32 Å². The van der Waals surface area contributed by atoms with E-state index in [-0.39, 0.29) is 0 Å². The van der Waals surface area contributed by atoms with Crippen molar-refractivity contribution in [3.63, 3.8) is 0 Å². The number of fused-ring (bicyclic) bond motifs is 1. The van der Waals surface area contributed by atoms with Crippen molar-refractivity contribution in [2.45, 2.75) is 31.5 Å². The van der Waals surface area contributed by atoms with Crippen LogP contribution in [-0.2, 0) is 18.6 Å². The number of rotatable bonds is 6. The molecule has 0 radical (unpaired) electrons. The number of aliphatic hydroxyl groups is 1. The average molecular weight is 297 g/mol. The van der Waals surface area contributed by atoms with Crippen LogP contribution >= 0.6 is 0 Å². The Kier molecular flexibility index (Phi) is 4.46. The van der Waals surface area contributed by atoms with Crippen molar-refractivity contribution >= 4 is 0 Å². The highest BCUT2D eigenvalue weighted by Gasteiger charge is 2.32. The first-order valence-corrected chi connectivity index (χ1v) is 7.95. The normalized spacial score (nSPS) is 16.1. The second-order valence-electron chi connectivity index (χ2n) is 5.85. The predicted octanol–water partition coefficient (Wildman–Crippen LogP) is 3.01. The first-order chi connectivity index (χ1) is 10.7. The molecule has 2 aromatic rings. The Morgan fingerprint density at radius 2 is 1.91 bits per heavy atom. The third-order valence-electron chi connectivity index (χ3n) is 4.32. The molecular formula is C19H23NO2. The summed E-state index contributed by atoms with van der Waals surface area (Å²) >= 11 is 0. The molecule has 3 heteroatoms. The van der Waals surface area contributed by atoms with Gasteiger partial charge in [0.25, 0.3) is 0 Å². The summed E-state index contributed by atoms with van der Waals surface area (Å²) in [5.41, 5.74) is 3.39. The van der Waals surface area contributed by atoms with Crippen LogP contribution in [0.3, 0.4) is 0 Å². The van der Waals surface area contributed by atoms with Gasteiger partial charge in [-0.05, 0) is 43.5 Å².